The van der Waals surface area contributed by atoms with Crippen molar-refractivity contribution >= 4 is 12.1 Å². The number of benzene rings is 1. The van der Waals surface area contributed by atoms with Crippen molar-refractivity contribution in [2.24, 2.45) is 5.10 Å². The van der Waals surface area contributed by atoms with Gasteiger partial charge in [0.25, 0.3) is 0 Å². The van der Waals surface area contributed by atoms with E-state index >= 15 is 0 Å². The number of furan rings is 1. The molecule has 1 aliphatic heterocycles. The van der Waals surface area contributed by atoms with E-state index in [9.17, 15) is 10.1 Å². The normalized spacial score (nSPS) is 14.4. The molecular weight excluding hydrogens is 378 g/mol. The highest BCUT2D eigenvalue weighted by atomic mass is 16.6. The molecule has 150 valence electrons. The second kappa shape index (κ2) is 8.15. The minimum Gasteiger partial charge on any atom is -0.497 e. The zero-order chi connectivity index (χ0) is 20.2. The lowest BCUT2D eigenvalue weighted by Crippen LogP contribution is -2.32. The van der Waals surface area contributed by atoms with E-state index in [1.807, 2.05) is 29.3 Å². The first-order valence-electron chi connectivity index (χ1n) is 8.99. The molecule has 0 bridgehead atoms. The van der Waals surface area contributed by atoms with Gasteiger partial charge in [-0.2, -0.15) is 10.2 Å². The highest BCUT2D eigenvalue weighted by Gasteiger charge is 2.19. The maximum atomic E-state index is 11.0. The molecule has 1 aromatic carbocycles. The molecule has 0 amide bonds. The van der Waals surface area contributed by atoms with Gasteiger partial charge in [-0.05, 0) is 30.3 Å². The Kier molecular flexibility index (Phi) is 5.25. The Labute approximate surface area is 166 Å². The number of nitrogens with zero attached hydrogens (tertiary/aromatic N) is 5. The van der Waals surface area contributed by atoms with E-state index in [-0.39, 0.29) is 5.88 Å². The molecule has 10 heteroatoms. The number of hydrazone groups is 1. The van der Waals surface area contributed by atoms with E-state index in [4.69, 9.17) is 13.9 Å². The van der Waals surface area contributed by atoms with Crippen molar-refractivity contribution in [3.05, 3.63) is 58.3 Å². The lowest BCUT2D eigenvalue weighted by Gasteiger charge is -2.23. The maximum Gasteiger partial charge on any atom is 0.433 e. The average molecular weight is 397 g/mol. The summed E-state index contributed by atoms with van der Waals surface area (Å²) in [5.74, 6) is 0.694. The Balaban J connectivity index is 1.70. The smallest absolute Gasteiger partial charge is 0.433 e. The highest BCUT2D eigenvalue weighted by molar-refractivity contribution is 5.87. The van der Waals surface area contributed by atoms with Crippen LogP contribution in [0.2, 0.25) is 0 Å². The van der Waals surface area contributed by atoms with Crippen LogP contribution in [-0.4, -0.2) is 59.3 Å². The Morgan fingerprint density at radius 2 is 1.97 bits per heavy atom. The first kappa shape index (κ1) is 18.7. The van der Waals surface area contributed by atoms with Gasteiger partial charge in [-0.1, -0.05) is 0 Å². The molecule has 29 heavy (non-hydrogen) atoms. The van der Waals surface area contributed by atoms with Crippen molar-refractivity contribution in [1.29, 1.82) is 0 Å². The molecule has 2 aromatic heterocycles. The van der Waals surface area contributed by atoms with Gasteiger partial charge in [0, 0.05) is 11.8 Å². The number of ether oxygens (including phenoxy) is 2. The topological polar surface area (TPSA) is 108 Å². The van der Waals surface area contributed by atoms with Crippen LogP contribution in [0, 0.1) is 10.1 Å². The summed E-state index contributed by atoms with van der Waals surface area (Å²) < 4.78 is 17.5. The van der Waals surface area contributed by atoms with Crippen LogP contribution >= 0.6 is 0 Å². The summed E-state index contributed by atoms with van der Waals surface area (Å²) >= 11 is 0. The summed E-state index contributed by atoms with van der Waals surface area (Å²) in [4.78, 5) is 10.4. The number of nitro groups is 1. The van der Waals surface area contributed by atoms with Gasteiger partial charge in [0.1, 0.15) is 16.4 Å². The van der Waals surface area contributed by atoms with E-state index in [0.29, 0.717) is 43.3 Å². The molecule has 1 saturated heterocycles. The fourth-order valence-electron chi connectivity index (χ4n) is 2.91. The van der Waals surface area contributed by atoms with E-state index in [2.05, 4.69) is 10.2 Å². The SMILES string of the molecule is COc1ccc(-n2cc(C=NN3CCOCC3)c(-c3ccc([N+](=O)[O-])o3)n2)cc1. The molecule has 4 rings (SSSR count). The van der Waals surface area contributed by atoms with Gasteiger partial charge in [0.15, 0.2) is 5.76 Å². The second-order valence-corrected chi connectivity index (χ2v) is 6.28. The number of methoxy groups -OCH3 is 1. The van der Waals surface area contributed by atoms with Gasteiger partial charge < -0.3 is 13.9 Å². The molecule has 0 N–H and O–H groups in total. The number of hydrogen-bond acceptors (Lipinski definition) is 8. The van der Waals surface area contributed by atoms with Gasteiger partial charge in [0.05, 0.1) is 51.4 Å². The van der Waals surface area contributed by atoms with Gasteiger partial charge in [-0.25, -0.2) is 4.68 Å². The third-order valence-corrected chi connectivity index (χ3v) is 4.43. The molecule has 0 atom stereocenters. The molecule has 0 saturated carbocycles. The Morgan fingerprint density at radius 1 is 1.21 bits per heavy atom. The van der Waals surface area contributed by atoms with Crippen LogP contribution in [0.15, 0.2) is 52.1 Å². The maximum absolute atomic E-state index is 11.0. The van der Waals surface area contributed by atoms with Crippen molar-refractivity contribution in [1.82, 2.24) is 14.8 Å². The summed E-state index contributed by atoms with van der Waals surface area (Å²) in [6.45, 7) is 2.65. The highest BCUT2D eigenvalue weighted by Crippen LogP contribution is 2.28. The lowest BCUT2D eigenvalue weighted by atomic mass is 10.2. The van der Waals surface area contributed by atoms with Crippen molar-refractivity contribution < 1.29 is 18.8 Å². The predicted octanol–water partition coefficient (Wildman–Crippen LogP) is 2.72. The number of rotatable bonds is 6. The predicted molar refractivity (Wildman–Crippen MR) is 104 cm³/mol. The first-order valence-corrected chi connectivity index (χ1v) is 8.99. The molecule has 0 aliphatic carbocycles. The molecule has 3 aromatic rings. The standard InChI is InChI=1S/C19H19N5O5/c1-27-16-4-2-15(3-5-16)23-13-14(12-20-22-8-10-28-11-9-22)19(21-23)17-6-7-18(29-17)24(25)26/h2-7,12-13H,8-11H2,1H3. The fraction of sp³-hybridized carbons (Fsp3) is 0.263. The molecule has 0 unspecified atom stereocenters. The molecule has 1 fully saturated rings. The summed E-state index contributed by atoms with van der Waals surface area (Å²) in [7, 11) is 1.60. The van der Waals surface area contributed by atoms with E-state index < -0.39 is 4.92 Å². The number of hydrogen-bond donors (Lipinski definition) is 0. The Bertz CT molecular complexity index is 1020. The van der Waals surface area contributed by atoms with Crippen LogP contribution < -0.4 is 4.74 Å². The van der Waals surface area contributed by atoms with E-state index in [1.165, 1.54) is 12.1 Å². The van der Waals surface area contributed by atoms with E-state index in [0.717, 1.165) is 11.4 Å². The molecular formula is C19H19N5O5. The summed E-state index contributed by atoms with van der Waals surface area (Å²) in [6.07, 6.45) is 3.48. The molecule has 1 aliphatic rings. The summed E-state index contributed by atoms with van der Waals surface area (Å²) in [5, 5.41) is 21.9. The van der Waals surface area contributed by atoms with Crippen molar-refractivity contribution in [2.45, 2.75) is 0 Å². The van der Waals surface area contributed by atoms with Crippen LogP contribution in [0.25, 0.3) is 17.1 Å². The van der Waals surface area contributed by atoms with Crippen molar-refractivity contribution in [2.75, 3.05) is 33.4 Å². The van der Waals surface area contributed by atoms with Crippen molar-refractivity contribution in [3.8, 4) is 22.9 Å². The molecule has 0 spiro atoms. The summed E-state index contributed by atoms with van der Waals surface area (Å²) in [5.41, 5.74) is 1.95. The number of aromatic nitrogens is 2. The molecule has 3 heterocycles. The van der Waals surface area contributed by atoms with Crippen LogP contribution in [0.4, 0.5) is 5.88 Å². The second-order valence-electron chi connectivity index (χ2n) is 6.28. The monoisotopic (exact) mass is 397 g/mol. The van der Waals surface area contributed by atoms with Crippen LogP contribution in [0.3, 0.4) is 0 Å². The minimum atomic E-state index is -0.578. The van der Waals surface area contributed by atoms with Crippen LogP contribution in [0.5, 0.6) is 5.75 Å². The van der Waals surface area contributed by atoms with E-state index in [1.54, 1.807) is 24.2 Å². The van der Waals surface area contributed by atoms with Gasteiger partial charge in [0.2, 0.25) is 0 Å². The molecule has 0 radical (unpaired) electrons. The quantitative estimate of drug-likeness (QED) is 0.357. The lowest BCUT2D eigenvalue weighted by molar-refractivity contribution is -0.401. The first-order chi connectivity index (χ1) is 14.1. The van der Waals surface area contributed by atoms with Crippen LogP contribution in [-0.2, 0) is 4.74 Å². The van der Waals surface area contributed by atoms with Crippen molar-refractivity contribution in [3.63, 3.8) is 0 Å². The third-order valence-electron chi connectivity index (χ3n) is 4.43. The zero-order valence-electron chi connectivity index (χ0n) is 15.7. The Morgan fingerprint density at radius 3 is 2.62 bits per heavy atom. The van der Waals surface area contributed by atoms with Crippen LogP contribution in [0.1, 0.15) is 5.56 Å². The minimum absolute atomic E-state index is 0.299. The zero-order valence-corrected chi connectivity index (χ0v) is 15.7. The number of morpholine rings is 1. The summed E-state index contributed by atoms with van der Waals surface area (Å²) in [6, 6.07) is 10.2. The Hall–Kier alpha value is -3.66. The molecule has 10 nitrogen and oxygen atoms in total. The van der Waals surface area contributed by atoms with Gasteiger partial charge in [-0.3, -0.25) is 15.1 Å². The average Bonchev–Trinajstić information content (AvgIpc) is 3.40. The largest absolute Gasteiger partial charge is 0.497 e. The van der Waals surface area contributed by atoms with Gasteiger partial charge in [-0.15, -0.1) is 0 Å². The fourth-order valence-corrected chi connectivity index (χ4v) is 2.91. The van der Waals surface area contributed by atoms with Gasteiger partial charge >= 0.3 is 5.88 Å². The third kappa shape index (κ3) is 4.11.